The second-order valence-electron chi connectivity index (χ2n) is 9.36. The smallest absolute Gasteiger partial charge is 0.146 e. The molecule has 1 N–H and O–H groups in total. The highest BCUT2D eigenvalue weighted by molar-refractivity contribution is 7.18. The molecule has 2 aromatic heterocycles. The summed E-state index contributed by atoms with van der Waals surface area (Å²) in [4.78, 5) is 17.3. The van der Waals surface area contributed by atoms with Crippen LogP contribution in [-0.4, -0.2) is 78.9 Å². The third-order valence-electron chi connectivity index (χ3n) is 6.88. The second kappa shape index (κ2) is 10.7. The van der Waals surface area contributed by atoms with E-state index < -0.39 is 0 Å². The van der Waals surface area contributed by atoms with Crippen LogP contribution in [0.5, 0.6) is 0 Å². The lowest BCUT2D eigenvalue weighted by molar-refractivity contribution is 0.0331. The van der Waals surface area contributed by atoms with Gasteiger partial charge in [0.1, 0.15) is 16.5 Å². The molecule has 1 unspecified atom stereocenters. The molecule has 5 rings (SSSR count). The summed E-state index contributed by atoms with van der Waals surface area (Å²) in [5, 5.41) is 5.03. The Morgan fingerprint density at radius 2 is 1.56 bits per heavy atom. The van der Waals surface area contributed by atoms with Crippen LogP contribution in [0.25, 0.3) is 10.2 Å². The Morgan fingerprint density at radius 3 is 2.24 bits per heavy atom. The number of thiophene rings is 1. The average Bonchev–Trinajstić information content (AvgIpc) is 3.14. The summed E-state index contributed by atoms with van der Waals surface area (Å²) in [6.45, 7) is 15.1. The van der Waals surface area contributed by atoms with E-state index in [4.69, 9.17) is 19.4 Å². The van der Waals surface area contributed by atoms with Crippen molar-refractivity contribution < 1.29 is 9.47 Å². The number of rotatable bonds is 7. The molecule has 1 aromatic carbocycles. The zero-order valence-corrected chi connectivity index (χ0v) is 21.3. The van der Waals surface area contributed by atoms with Gasteiger partial charge in [0.15, 0.2) is 0 Å². The van der Waals surface area contributed by atoms with Crippen LogP contribution in [0.3, 0.4) is 0 Å². The first-order chi connectivity index (χ1) is 16.6. The van der Waals surface area contributed by atoms with Gasteiger partial charge < -0.3 is 14.8 Å². The largest absolute Gasteiger partial charge is 0.379 e. The average molecular weight is 482 g/mol. The number of fused-ring (bicyclic) bond motifs is 1. The highest BCUT2D eigenvalue weighted by Crippen LogP contribution is 2.35. The fraction of sp³-hybridized carbons (Fsp3) is 0.538. The molecular formula is C26H35N5O2S. The van der Waals surface area contributed by atoms with Crippen molar-refractivity contribution in [1.29, 1.82) is 0 Å². The lowest BCUT2D eigenvalue weighted by Crippen LogP contribution is -2.40. The Balaban J connectivity index is 1.49. The molecule has 2 fully saturated rings. The Hall–Kier alpha value is -2.10. The first kappa shape index (κ1) is 23.6. The molecule has 2 aliphatic rings. The molecule has 2 saturated heterocycles. The second-order valence-corrected chi connectivity index (χ2v) is 10.6. The number of anilines is 1. The molecule has 7 nitrogen and oxygen atoms in total. The predicted molar refractivity (Wildman–Crippen MR) is 138 cm³/mol. The maximum atomic E-state index is 5.59. The third-order valence-corrected chi connectivity index (χ3v) is 7.98. The Bertz CT molecular complexity index is 1100. The van der Waals surface area contributed by atoms with Crippen molar-refractivity contribution in [2.75, 3.05) is 64.5 Å². The molecule has 0 radical (unpaired) electrons. The van der Waals surface area contributed by atoms with Crippen molar-refractivity contribution >= 4 is 27.4 Å². The molecule has 0 bridgehead atoms. The van der Waals surface area contributed by atoms with Gasteiger partial charge in [-0.25, -0.2) is 9.97 Å². The van der Waals surface area contributed by atoms with Crippen LogP contribution in [0.2, 0.25) is 0 Å². The van der Waals surface area contributed by atoms with Crippen molar-refractivity contribution in [2.24, 2.45) is 0 Å². The standard InChI is InChI=1S/C26H35N5O2S/c1-18-4-6-21(7-5-18)22(16-30-8-12-32-13-9-30)27-25-24-19(2)20(3)34-26(24)29-23(28-25)17-31-10-14-33-15-11-31/h4-7,22H,8-17H2,1-3H3,(H,27,28,29). The summed E-state index contributed by atoms with van der Waals surface area (Å²) in [6.07, 6.45) is 0. The Labute approximate surface area is 206 Å². The van der Waals surface area contributed by atoms with E-state index in [9.17, 15) is 0 Å². The molecule has 3 aromatic rings. The van der Waals surface area contributed by atoms with Crippen molar-refractivity contribution in [3.8, 4) is 0 Å². The summed E-state index contributed by atoms with van der Waals surface area (Å²) in [5.74, 6) is 1.83. The van der Waals surface area contributed by atoms with Crippen LogP contribution in [0.1, 0.15) is 33.4 Å². The quantitative estimate of drug-likeness (QED) is 0.549. The van der Waals surface area contributed by atoms with Crippen LogP contribution >= 0.6 is 11.3 Å². The van der Waals surface area contributed by atoms with Gasteiger partial charge in [-0.2, -0.15) is 0 Å². The predicted octanol–water partition coefficient (Wildman–Crippen LogP) is 3.93. The molecule has 1 atom stereocenters. The van der Waals surface area contributed by atoms with E-state index in [2.05, 4.69) is 60.2 Å². The molecule has 8 heteroatoms. The lowest BCUT2D eigenvalue weighted by atomic mass is 10.0. The van der Waals surface area contributed by atoms with Gasteiger partial charge in [-0.05, 0) is 31.9 Å². The zero-order valence-electron chi connectivity index (χ0n) is 20.5. The van der Waals surface area contributed by atoms with Crippen molar-refractivity contribution in [1.82, 2.24) is 19.8 Å². The van der Waals surface area contributed by atoms with Gasteiger partial charge in [-0.3, -0.25) is 9.80 Å². The first-order valence-corrected chi connectivity index (χ1v) is 13.1. The summed E-state index contributed by atoms with van der Waals surface area (Å²) in [6, 6.07) is 9.01. The number of hydrogen-bond donors (Lipinski definition) is 1. The van der Waals surface area contributed by atoms with Gasteiger partial charge in [0, 0.05) is 37.6 Å². The highest BCUT2D eigenvalue weighted by atomic mass is 32.1. The number of benzene rings is 1. The summed E-state index contributed by atoms with van der Waals surface area (Å²) >= 11 is 1.77. The molecule has 4 heterocycles. The maximum Gasteiger partial charge on any atom is 0.146 e. The molecule has 34 heavy (non-hydrogen) atoms. The summed E-state index contributed by atoms with van der Waals surface area (Å²) in [7, 11) is 0. The molecule has 0 saturated carbocycles. The third kappa shape index (κ3) is 5.42. The van der Waals surface area contributed by atoms with E-state index in [0.29, 0.717) is 0 Å². The number of aromatic nitrogens is 2. The van der Waals surface area contributed by atoms with Crippen molar-refractivity contribution in [3.63, 3.8) is 0 Å². The van der Waals surface area contributed by atoms with Crippen LogP contribution in [-0.2, 0) is 16.0 Å². The van der Waals surface area contributed by atoms with Gasteiger partial charge in [-0.1, -0.05) is 29.8 Å². The van der Waals surface area contributed by atoms with Crippen LogP contribution in [0, 0.1) is 20.8 Å². The van der Waals surface area contributed by atoms with Crippen molar-refractivity contribution in [2.45, 2.75) is 33.4 Å². The minimum absolute atomic E-state index is 0.132. The van der Waals surface area contributed by atoms with Crippen LogP contribution < -0.4 is 5.32 Å². The lowest BCUT2D eigenvalue weighted by Gasteiger charge is -2.31. The molecule has 0 aliphatic carbocycles. The zero-order chi connectivity index (χ0) is 23.5. The van der Waals surface area contributed by atoms with Gasteiger partial charge >= 0.3 is 0 Å². The number of nitrogens with zero attached hydrogens (tertiary/aromatic N) is 4. The van der Waals surface area contributed by atoms with E-state index >= 15 is 0 Å². The number of morpholine rings is 2. The van der Waals surface area contributed by atoms with Gasteiger partial charge in [0.05, 0.1) is 44.4 Å². The molecular weight excluding hydrogens is 446 g/mol. The molecule has 182 valence electrons. The van der Waals surface area contributed by atoms with E-state index in [-0.39, 0.29) is 6.04 Å². The first-order valence-electron chi connectivity index (χ1n) is 12.3. The van der Waals surface area contributed by atoms with Gasteiger partial charge in [-0.15, -0.1) is 11.3 Å². The monoisotopic (exact) mass is 481 g/mol. The topological polar surface area (TPSA) is 62.8 Å². The van der Waals surface area contributed by atoms with Gasteiger partial charge in [0.25, 0.3) is 0 Å². The maximum absolute atomic E-state index is 5.59. The number of hydrogen-bond acceptors (Lipinski definition) is 8. The fourth-order valence-corrected chi connectivity index (χ4v) is 5.72. The Morgan fingerprint density at radius 1 is 0.912 bits per heavy atom. The molecule has 2 aliphatic heterocycles. The number of aryl methyl sites for hydroxylation is 3. The summed E-state index contributed by atoms with van der Waals surface area (Å²) in [5.41, 5.74) is 3.83. The van der Waals surface area contributed by atoms with Crippen LogP contribution in [0.15, 0.2) is 24.3 Å². The fourth-order valence-electron chi connectivity index (χ4n) is 4.67. The minimum Gasteiger partial charge on any atom is -0.379 e. The molecule has 0 spiro atoms. The Kier molecular flexibility index (Phi) is 7.41. The highest BCUT2D eigenvalue weighted by Gasteiger charge is 2.23. The normalized spacial score (nSPS) is 18.9. The van der Waals surface area contributed by atoms with Crippen molar-refractivity contribution in [3.05, 3.63) is 51.7 Å². The minimum atomic E-state index is 0.132. The van der Waals surface area contributed by atoms with E-state index in [1.54, 1.807) is 11.3 Å². The van der Waals surface area contributed by atoms with E-state index in [1.807, 2.05) is 0 Å². The van der Waals surface area contributed by atoms with E-state index in [1.165, 1.54) is 21.6 Å². The SMILES string of the molecule is Cc1ccc(C(CN2CCOCC2)Nc2nc(CN3CCOCC3)nc3sc(C)c(C)c23)cc1. The van der Waals surface area contributed by atoms with E-state index in [0.717, 1.165) is 87.6 Å². The summed E-state index contributed by atoms with van der Waals surface area (Å²) < 4.78 is 11.1. The van der Waals surface area contributed by atoms with Crippen LogP contribution in [0.4, 0.5) is 5.82 Å². The number of nitrogens with one attached hydrogen (secondary N) is 1. The van der Waals surface area contributed by atoms with Gasteiger partial charge in [0.2, 0.25) is 0 Å². The number of ether oxygens (including phenoxy) is 2. The molecule has 0 amide bonds.